The van der Waals surface area contributed by atoms with E-state index in [1.54, 1.807) is 12.1 Å². The molecule has 1 aromatic rings. The fraction of sp³-hybridized carbons (Fsp3) is 0.182. The van der Waals surface area contributed by atoms with Crippen LogP contribution in [0.15, 0.2) is 21.7 Å². The second-order valence-corrected chi connectivity index (χ2v) is 4.50. The van der Waals surface area contributed by atoms with Crippen molar-refractivity contribution in [1.29, 1.82) is 5.26 Å². The third-order valence-electron chi connectivity index (χ3n) is 1.95. The number of nitrogens with one attached hydrogen (secondary N) is 1. The number of nitriles is 1. The number of ether oxygens (including phenoxy) is 2. The summed E-state index contributed by atoms with van der Waals surface area (Å²) in [6.45, 7) is -0.0563. The Morgan fingerprint density at radius 3 is 2.95 bits per heavy atom. The summed E-state index contributed by atoms with van der Waals surface area (Å²) >= 11 is 7.99. The monoisotopic (exact) mass is 342 g/mol. The highest BCUT2D eigenvalue weighted by molar-refractivity contribution is 9.10. The van der Waals surface area contributed by atoms with Crippen molar-refractivity contribution in [2.45, 2.75) is 0 Å². The summed E-state index contributed by atoms with van der Waals surface area (Å²) < 4.78 is 11.1. The molecule has 0 saturated heterocycles. The molecular weight excluding hydrogens is 332 g/mol. The van der Waals surface area contributed by atoms with Crippen molar-refractivity contribution < 1.29 is 9.47 Å². The molecule has 6 nitrogen and oxygen atoms in total. The van der Waals surface area contributed by atoms with E-state index in [1.165, 1.54) is 13.3 Å². The van der Waals surface area contributed by atoms with Crippen molar-refractivity contribution in [3.8, 4) is 17.6 Å². The summed E-state index contributed by atoms with van der Waals surface area (Å²) in [5, 5.41) is 12.4. The second-order valence-electron chi connectivity index (χ2n) is 3.21. The van der Waals surface area contributed by atoms with Crippen LogP contribution >= 0.6 is 28.1 Å². The van der Waals surface area contributed by atoms with Gasteiger partial charge in [-0.3, -0.25) is 5.43 Å². The lowest BCUT2D eigenvalue weighted by atomic mass is 10.2. The van der Waals surface area contributed by atoms with Crippen LogP contribution in [0.25, 0.3) is 0 Å². The van der Waals surface area contributed by atoms with Crippen LogP contribution in [0.2, 0.25) is 0 Å². The van der Waals surface area contributed by atoms with Gasteiger partial charge in [-0.15, -0.1) is 0 Å². The smallest absolute Gasteiger partial charge is 0.184 e. The summed E-state index contributed by atoms with van der Waals surface area (Å²) in [6, 6.07) is 5.29. The topological polar surface area (TPSA) is 92.7 Å². The zero-order valence-electron chi connectivity index (χ0n) is 10.0. The first-order valence-corrected chi connectivity index (χ1v) is 6.24. The molecule has 0 aliphatic carbocycles. The average Bonchev–Trinajstić information content (AvgIpc) is 2.38. The molecule has 1 aromatic carbocycles. The number of benzene rings is 1. The molecule has 0 amide bonds. The standard InChI is InChI=1S/C11H11BrN4O2S/c1-17-9-4-7(6-15-16-11(14)19)8(12)5-10(9)18-3-2-13/h4-6H,3H2,1H3,(H3,14,16,19)/b15-6+. The maximum absolute atomic E-state index is 8.50. The predicted octanol–water partition coefficient (Wildman–Crippen LogP) is 1.53. The van der Waals surface area contributed by atoms with Gasteiger partial charge in [0.15, 0.2) is 23.2 Å². The molecule has 0 saturated carbocycles. The molecule has 3 N–H and O–H groups in total. The van der Waals surface area contributed by atoms with Gasteiger partial charge in [0, 0.05) is 10.0 Å². The minimum Gasteiger partial charge on any atom is -0.493 e. The fourth-order valence-electron chi connectivity index (χ4n) is 1.20. The molecule has 0 bridgehead atoms. The molecule has 0 heterocycles. The number of nitrogens with two attached hydrogens (primary N) is 1. The second kappa shape index (κ2) is 7.56. The maximum atomic E-state index is 8.50. The normalized spacial score (nSPS) is 9.95. The van der Waals surface area contributed by atoms with Gasteiger partial charge in [0.25, 0.3) is 0 Å². The molecule has 0 unspecified atom stereocenters. The molecule has 0 aliphatic rings. The molecule has 0 aliphatic heterocycles. The van der Waals surface area contributed by atoms with Gasteiger partial charge in [-0.05, 0) is 40.3 Å². The highest BCUT2D eigenvalue weighted by atomic mass is 79.9. The van der Waals surface area contributed by atoms with Crippen molar-refractivity contribution >= 4 is 39.5 Å². The van der Waals surface area contributed by atoms with Crippen LogP contribution in [0.5, 0.6) is 11.5 Å². The highest BCUT2D eigenvalue weighted by Gasteiger charge is 2.09. The van der Waals surface area contributed by atoms with E-state index in [-0.39, 0.29) is 11.7 Å². The molecule has 0 fully saturated rings. The molecule has 19 heavy (non-hydrogen) atoms. The number of hydrazone groups is 1. The van der Waals surface area contributed by atoms with Gasteiger partial charge in [-0.1, -0.05) is 0 Å². The van der Waals surface area contributed by atoms with Crippen LogP contribution in [0.4, 0.5) is 0 Å². The first-order valence-electron chi connectivity index (χ1n) is 5.04. The number of thiocarbonyl (C=S) groups is 1. The Bertz CT molecular complexity index is 542. The quantitative estimate of drug-likeness (QED) is 0.478. The van der Waals surface area contributed by atoms with Gasteiger partial charge in [0.1, 0.15) is 6.07 Å². The summed E-state index contributed by atoms with van der Waals surface area (Å²) in [5.41, 5.74) is 8.44. The van der Waals surface area contributed by atoms with Crippen LogP contribution < -0.4 is 20.6 Å². The molecular formula is C11H11BrN4O2S. The first-order chi connectivity index (χ1) is 9.08. The Morgan fingerprint density at radius 2 is 2.37 bits per heavy atom. The SMILES string of the molecule is COc1cc(/C=N/NC(N)=S)c(Br)cc1OCC#N. The summed E-state index contributed by atoms with van der Waals surface area (Å²) in [7, 11) is 1.51. The number of hydrogen-bond acceptors (Lipinski definition) is 5. The molecule has 0 atom stereocenters. The Kier molecular flexibility index (Phi) is 6.05. The third kappa shape index (κ3) is 4.73. The largest absolute Gasteiger partial charge is 0.493 e. The van der Waals surface area contributed by atoms with Gasteiger partial charge < -0.3 is 15.2 Å². The molecule has 100 valence electrons. The maximum Gasteiger partial charge on any atom is 0.184 e. The van der Waals surface area contributed by atoms with Crippen LogP contribution in [0.1, 0.15) is 5.56 Å². The molecule has 0 spiro atoms. The van der Waals surface area contributed by atoms with Crippen LogP contribution in [-0.2, 0) is 0 Å². The minimum absolute atomic E-state index is 0.0563. The Balaban J connectivity index is 2.99. The Hall–Kier alpha value is -1.85. The number of hydrogen-bond donors (Lipinski definition) is 2. The average molecular weight is 343 g/mol. The van der Waals surface area contributed by atoms with Gasteiger partial charge >= 0.3 is 0 Å². The van der Waals surface area contributed by atoms with Crippen molar-refractivity contribution in [2.24, 2.45) is 10.8 Å². The van der Waals surface area contributed by atoms with E-state index < -0.39 is 0 Å². The summed E-state index contributed by atoms with van der Waals surface area (Å²) in [6.07, 6.45) is 1.53. The number of methoxy groups -OCH3 is 1. The minimum atomic E-state index is -0.0563. The lowest BCUT2D eigenvalue weighted by Gasteiger charge is -2.10. The van der Waals surface area contributed by atoms with E-state index in [0.717, 1.165) is 10.0 Å². The van der Waals surface area contributed by atoms with Gasteiger partial charge in [0.05, 0.1) is 13.3 Å². The predicted molar refractivity (Wildman–Crippen MR) is 79.3 cm³/mol. The van der Waals surface area contributed by atoms with E-state index in [4.69, 9.17) is 20.5 Å². The van der Waals surface area contributed by atoms with E-state index in [9.17, 15) is 0 Å². The summed E-state index contributed by atoms with van der Waals surface area (Å²) in [4.78, 5) is 0. The molecule has 1 rings (SSSR count). The van der Waals surface area contributed by atoms with Crippen molar-refractivity contribution in [1.82, 2.24) is 5.43 Å². The lowest BCUT2D eigenvalue weighted by Crippen LogP contribution is -2.24. The zero-order valence-corrected chi connectivity index (χ0v) is 12.4. The Labute approximate surface area is 124 Å². The fourth-order valence-corrected chi connectivity index (χ4v) is 1.68. The van der Waals surface area contributed by atoms with Crippen LogP contribution in [-0.4, -0.2) is 25.0 Å². The number of nitrogens with zero attached hydrogens (tertiary/aromatic N) is 2. The van der Waals surface area contributed by atoms with Crippen LogP contribution in [0.3, 0.4) is 0 Å². The number of rotatable bonds is 5. The highest BCUT2D eigenvalue weighted by Crippen LogP contribution is 2.32. The van der Waals surface area contributed by atoms with E-state index >= 15 is 0 Å². The first kappa shape index (κ1) is 15.2. The van der Waals surface area contributed by atoms with Crippen molar-refractivity contribution in [2.75, 3.05) is 13.7 Å². The lowest BCUT2D eigenvalue weighted by molar-refractivity contribution is 0.329. The zero-order chi connectivity index (χ0) is 14.3. The van der Waals surface area contributed by atoms with Gasteiger partial charge in [-0.25, -0.2) is 0 Å². The molecule has 0 aromatic heterocycles. The van der Waals surface area contributed by atoms with E-state index in [2.05, 4.69) is 38.7 Å². The van der Waals surface area contributed by atoms with Crippen molar-refractivity contribution in [3.63, 3.8) is 0 Å². The summed E-state index contributed by atoms with van der Waals surface area (Å²) in [5.74, 6) is 0.964. The number of halogens is 1. The van der Waals surface area contributed by atoms with Gasteiger partial charge in [-0.2, -0.15) is 10.4 Å². The van der Waals surface area contributed by atoms with E-state index in [1.807, 2.05) is 6.07 Å². The molecule has 0 radical (unpaired) electrons. The van der Waals surface area contributed by atoms with Crippen molar-refractivity contribution in [3.05, 3.63) is 22.2 Å². The molecule has 8 heteroatoms. The van der Waals surface area contributed by atoms with E-state index in [0.29, 0.717) is 11.5 Å². The third-order valence-corrected chi connectivity index (χ3v) is 2.73. The Morgan fingerprint density at radius 1 is 1.63 bits per heavy atom. The van der Waals surface area contributed by atoms with Gasteiger partial charge in [0.2, 0.25) is 0 Å². The van der Waals surface area contributed by atoms with Crippen LogP contribution in [0, 0.1) is 11.3 Å².